The predicted molar refractivity (Wildman–Crippen MR) is 133 cm³/mol. The van der Waals surface area contributed by atoms with Crippen molar-refractivity contribution in [2.75, 3.05) is 5.32 Å². The fourth-order valence-corrected chi connectivity index (χ4v) is 4.42. The fraction of sp³-hybridized carbons (Fsp3) is 0.240. The van der Waals surface area contributed by atoms with Crippen molar-refractivity contribution in [2.45, 2.75) is 39.7 Å². The minimum absolute atomic E-state index is 0.0653. The Labute approximate surface area is 202 Å². The van der Waals surface area contributed by atoms with Crippen LogP contribution in [-0.2, 0) is 4.79 Å². The number of aromatic nitrogens is 4. The van der Waals surface area contributed by atoms with Gasteiger partial charge in [-0.2, -0.15) is 5.10 Å². The van der Waals surface area contributed by atoms with E-state index in [2.05, 4.69) is 25.7 Å². The molecule has 3 heterocycles. The number of amides is 2. The summed E-state index contributed by atoms with van der Waals surface area (Å²) in [5.74, 6) is 0.405. The number of pyridine rings is 1. The van der Waals surface area contributed by atoms with Crippen LogP contribution in [0, 0.1) is 0 Å². The SMILES string of the molecule is CC(=O)NC(C)c1ccc(-c2csc(NC(=O)c3cnn(-c4ccccn4)c3C(C)C)n2)cc1. The van der Waals surface area contributed by atoms with Gasteiger partial charge in [-0.3, -0.25) is 14.9 Å². The standard InChI is InChI=1S/C25H26N6O2S/c1-15(2)23-20(13-27-31(23)22-7-5-6-12-26-22)24(33)30-25-29-21(14-34-25)19-10-8-18(9-11-19)16(3)28-17(4)32/h5-16H,1-4H3,(H,28,32)(H,29,30,33). The highest BCUT2D eigenvalue weighted by molar-refractivity contribution is 7.14. The fourth-order valence-electron chi connectivity index (χ4n) is 3.71. The second-order valence-corrected chi connectivity index (χ2v) is 9.09. The summed E-state index contributed by atoms with van der Waals surface area (Å²) in [7, 11) is 0. The van der Waals surface area contributed by atoms with Gasteiger partial charge in [-0.05, 0) is 30.5 Å². The van der Waals surface area contributed by atoms with E-state index in [9.17, 15) is 9.59 Å². The van der Waals surface area contributed by atoms with E-state index in [4.69, 9.17) is 0 Å². The van der Waals surface area contributed by atoms with Crippen molar-refractivity contribution in [2.24, 2.45) is 0 Å². The summed E-state index contributed by atoms with van der Waals surface area (Å²) in [4.78, 5) is 33.3. The number of carbonyl (C=O) groups is 2. The number of rotatable bonds is 7. The van der Waals surface area contributed by atoms with E-state index in [-0.39, 0.29) is 23.8 Å². The van der Waals surface area contributed by atoms with Crippen molar-refractivity contribution >= 4 is 28.3 Å². The molecular formula is C25H26N6O2S. The molecule has 8 nitrogen and oxygen atoms in total. The Kier molecular flexibility index (Phi) is 6.83. The van der Waals surface area contributed by atoms with E-state index in [0.717, 1.165) is 22.5 Å². The third-order valence-electron chi connectivity index (χ3n) is 5.32. The molecule has 1 atom stereocenters. The maximum atomic E-state index is 13.1. The third-order valence-corrected chi connectivity index (χ3v) is 6.07. The summed E-state index contributed by atoms with van der Waals surface area (Å²) in [6, 6.07) is 13.4. The highest BCUT2D eigenvalue weighted by atomic mass is 32.1. The number of benzene rings is 1. The highest BCUT2D eigenvalue weighted by Crippen LogP contribution is 2.28. The van der Waals surface area contributed by atoms with Gasteiger partial charge in [0.25, 0.3) is 5.91 Å². The van der Waals surface area contributed by atoms with Crippen LogP contribution in [0.4, 0.5) is 5.13 Å². The van der Waals surface area contributed by atoms with Crippen molar-refractivity contribution in [1.29, 1.82) is 0 Å². The number of carbonyl (C=O) groups excluding carboxylic acids is 2. The molecule has 2 N–H and O–H groups in total. The van der Waals surface area contributed by atoms with Gasteiger partial charge in [0.15, 0.2) is 10.9 Å². The molecule has 0 saturated carbocycles. The zero-order valence-electron chi connectivity index (χ0n) is 19.4. The molecule has 0 aliphatic carbocycles. The summed E-state index contributed by atoms with van der Waals surface area (Å²) in [5, 5.41) is 12.6. The topological polar surface area (TPSA) is 102 Å². The largest absolute Gasteiger partial charge is 0.350 e. The molecule has 3 aromatic heterocycles. The van der Waals surface area contributed by atoms with Crippen LogP contribution in [0.2, 0.25) is 0 Å². The Bertz CT molecular complexity index is 1290. The van der Waals surface area contributed by atoms with Crippen molar-refractivity contribution in [3.63, 3.8) is 0 Å². The van der Waals surface area contributed by atoms with Crippen LogP contribution in [-0.4, -0.2) is 31.6 Å². The molecule has 0 bridgehead atoms. The van der Waals surface area contributed by atoms with Crippen molar-refractivity contribution in [3.05, 3.63) is 77.1 Å². The molecule has 0 aliphatic heterocycles. The number of nitrogens with zero attached hydrogens (tertiary/aromatic N) is 4. The second-order valence-electron chi connectivity index (χ2n) is 8.23. The number of hydrogen-bond donors (Lipinski definition) is 2. The Morgan fingerprint density at radius 1 is 1.06 bits per heavy atom. The molecule has 4 rings (SSSR count). The smallest absolute Gasteiger partial charge is 0.260 e. The van der Waals surface area contributed by atoms with E-state index >= 15 is 0 Å². The first-order valence-electron chi connectivity index (χ1n) is 11.0. The quantitative estimate of drug-likeness (QED) is 0.394. The van der Waals surface area contributed by atoms with E-state index in [1.165, 1.54) is 18.3 Å². The Balaban J connectivity index is 1.51. The maximum Gasteiger partial charge on any atom is 0.260 e. The first-order valence-corrected chi connectivity index (χ1v) is 11.8. The Morgan fingerprint density at radius 3 is 2.47 bits per heavy atom. The van der Waals surface area contributed by atoms with Crippen LogP contribution in [0.25, 0.3) is 17.1 Å². The lowest BCUT2D eigenvalue weighted by molar-refractivity contribution is -0.119. The van der Waals surface area contributed by atoms with Gasteiger partial charge in [-0.15, -0.1) is 11.3 Å². The highest BCUT2D eigenvalue weighted by Gasteiger charge is 2.22. The molecule has 4 aromatic rings. The van der Waals surface area contributed by atoms with Crippen molar-refractivity contribution in [3.8, 4) is 17.1 Å². The lowest BCUT2D eigenvalue weighted by Crippen LogP contribution is -2.23. The third kappa shape index (κ3) is 5.04. The normalized spacial score (nSPS) is 11.9. The summed E-state index contributed by atoms with van der Waals surface area (Å²) in [6.45, 7) is 7.48. The van der Waals surface area contributed by atoms with Crippen molar-refractivity contribution in [1.82, 2.24) is 25.1 Å². The molecule has 0 saturated heterocycles. The number of thiazole rings is 1. The van der Waals surface area contributed by atoms with Gasteiger partial charge in [-0.25, -0.2) is 14.6 Å². The zero-order chi connectivity index (χ0) is 24.2. The molecule has 1 unspecified atom stereocenters. The molecule has 0 spiro atoms. The first-order chi connectivity index (χ1) is 16.3. The molecule has 34 heavy (non-hydrogen) atoms. The van der Waals surface area contributed by atoms with E-state index < -0.39 is 0 Å². The molecule has 1 aromatic carbocycles. The van der Waals surface area contributed by atoms with Crippen LogP contribution in [0.3, 0.4) is 0 Å². The van der Waals surface area contributed by atoms with Gasteiger partial charge in [-0.1, -0.05) is 44.2 Å². The van der Waals surface area contributed by atoms with E-state index in [1.54, 1.807) is 17.1 Å². The van der Waals surface area contributed by atoms with Gasteiger partial charge < -0.3 is 5.32 Å². The molecule has 9 heteroatoms. The first kappa shape index (κ1) is 23.3. The average molecular weight is 475 g/mol. The lowest BCUT2D eigenvalue weighted by atomic mass is 10.0. The zero-order valence-corrected chi connectivity index (χ0v) is 20.3. The van der Waals surface area contributed by atoms with Crippen LogP contribution in [0.1, 0.15) is 61.3 Å². The van der Waals surface area contributed by atoms with Gasteiger partial charge >= 0.3 is 0 Å². The molecule has 0 aliphatic rings. The number of nitrogens with one attached hydrogen (secondary N) is 2. The summed E-state index contributed by atoms with van der Waals surface area (Å²) >= 11 is 1.36. The van der Waals surface area contributed by atoms with Crippen LogP contribution in [0.15, 0.2) is 60.2 Å². The summed E-state index contributed by atoms with van der Waals surface area (Å²) in [5.41, 5.74) is 3.99. The van der Waals surface area contributed by atoms with E-state index in [1.807, 2.05) is 68.6 Å². The van der Waals surface area contributed by atoms with E-state index in [0.29, 0.717) is 16.5 Å². The van der Waals surface area contributed by atoms with Crippen LogP contribution >= 0.6 is 11.3 Å². The Hall–Kier alpha value is -3.85. The predicted octanol–water partition coefficient (Wildman–Crippen LogP) is 4.96. The minimum atomic E-state index is -0.258. The van der Waals surface area contributed by atoms with Crippen LogP contribution < -0.4 is 10.6 Å². The Morgan fingerprint density at radius 2 is 1.82 bits per heavy atom. The molecular weight excluding hydrogens is 448 g/mol. The van der Waals surface area contributed by atoms with Gasteiger partial charge in [0.1, 0.15) is 0 Å². The molecule has 174 valence electrons. The van der Waals surface area contributed by atoms with Gasteiger partial charge in [0.2, 0.25) is 5.91 Å². The number of anilines is 1. The summed E-state index contributed by atoms with van der Waals surface area (Å²) < 4.78 is 1.70. The molecule has 2 amide bonds. The lowest BCUT2D eigenvalue weighted by Gasteiger charge is -2.13. The van der Waals surface area contributed by atoms with Crippen LogP contribution in [0.5, 0.6) is 0 Å². The molecule has 0 fully saturated rings. The monoisotopic (exact) mass is 474 g/mol. The average Bonchev–Trinajstić information content (AvgIpc) is 3.47. The minimum Gasteiger partial charge on any atom is -0.350 e. The second kappa shape index (κ2) is 9.96. The number of hydrogen-bond acceptors (Lipinski definition) is 6. The van der Waals surface area contributed by atoms with Gasteiger partial charge in [0, 0.05) is 24.1 Å². The van der Waals surface area contributed by atoms with Crippen molar-refractivity contribution < 1.29 is 9.59 Å². The molecule has 0 radical (unpaired) electrons. The van der Waals surface area contributed by atoms with Gasteiger partial charge in [0.05, 0.1) is 29.2 Å². The summed E-state index contributed by atoms with van der Waals surface area (Å²) in [6.07, 6.45) is 3.27. The maximum absolute atomic E-state index is 13.1.